The molecule has 6 rings (SSSR count). The van der Waals surface area contributed by atoms with Crippen molar-refractivity contribution in [2.45, 2.75) is 76.0 Å². The summed E-state index contributed by atoms with van der Waals surface area (Å²) in [6, 6.07) is 12.0. The van der Waals surface area contributed by atoms with Crippen molar-refractivity contribution in [3.05, 3.63) is 58.1 Å². The summed E-state index contributed by atoms with van der Waals surface area (Å²) < 4.78 is 5.87. The van der Waals surface area contributed by atoms with Gasteiger partial charge in [-0.3, -0.25) is 4.79 Å². The van der Waals surface area contributed by atoms with E-state index >= 15 is 0 Å². The molecule has 204 valence electrons. The average molecular weight is 538 g/mol. The van der Waals surface area contributed by atoms with Gasteiger partial charge in [-0.2, -0.15) is 0 Å². The summed E-state index contributed by atoms with van der Waals surface area (Å²) in [5.74, 6) is 0.615. The maximum absolute atomic E-state index is 13.5. The van der Waals surface area contributed by atoms with Crippen LogP contribution in [-0.2, 0) is 17.6 Å². The molecule has 0 radical (unpaired) electrons. The number of aryl methyl sites for hydroxylation is 2. The third kappa shape index (κ3) is 5.98. The molecule has 2 aliphatic carbocycles. The van der Waals surface area contributed by atoms with E-state index in [0.29, 0.717) is 22.9 Å². The van der Waals surface area contributed by atoms with Crippen molar-refractivity contribution in [3.8, 4) is 5.75 Å². The summed E-state index contributed by atoms with van der Waals surface area (Å²) in [6.07, 6.45) is 9.60. The predicted molar refractivity (Wildman–Crippen MR) is 151 cm³/mol. The quantitative estimate of drug-likeness (QED) is 0.476. The molecule has 0 spiro atoms. The van der Waals surface area contributed by atoms with Gasteiger partial charge >= 0.3 is 0 Å². The summed E-state index contributed by atoms with van der Waals surface area (Å²) in [5.41, 5.74) is 4.91. The second-order valence-corrected chi connectivity index (χ2v) is 12.1. The molecule has 38 heavy (non-hydrogen) atoms. The Balaban J connectivity index is 1.12. The van der Waals surface area contributed by atoms with Gasteiger partial charge in [0, 0.05) is 25.3 Å². The van der Waals surface area contributed by atoms with E-state index in [1.807, 2.05) is 12.1 Å². The van der Waals surface area contributed by atoms with Crippen molar-refractivity contribution in [2.24, 2.45) is 5.92 Å². The molecule has 0 unspecified atom stereocenters. The summed E-state index contributed by atoms with van der Waals surface area (Å²) in [5, 5.41) is 15.2. The van der Waals surface area contributed by atoms with Crippen LogP contribution in [0.15, 0.2) is 36.4 Å². The minimum atomic E-state index is -0.842. The second kappa shape index (κ2) is 11.4. The SMILES string of the molecule is O=C(N[C@H](CN1CCCC1)[C@H](O)c1ccc(OC2CC2)c(Cl)c1)[C@H]1CCN(c2ccc3c(c2)CCCC3)C1. The van der Waals surface area contributed by atoms with Gasteiger partial charge in [0.05, 0.1) is 23.1 Å². The van der Waals surface area contributed by atoms with Crippen molar-refractivity contribution in [3.63, 3.8) is 0 Å². The minimum absolute atomic E-state index is 0.0356. The van der Waals surface area contributed by atoms with Gasteiger partial charge in [-0.05, 0) is 112 Å². The van der Waals surface area contributed by atoms with E-state index in [-0.39, 0.29) is 17.9 Å². The fourth-order valence-corrected chi connectivity index (χ4v) is 6.52. The lowest BCUT2D eigenvalue weighted by Crippen LogP contribution is -2.48. The second-order valence-electron chi connectivity index (χ2n) is 11.7. The van der Waals surface area contributed by atoms with E-state index in [9.17, 15) is 9.90 Å². The molecule has 0 bridgehead atoms. The van der Waals surface area contributed by atoms with Crippen molar-refractivity contribution in [1.29, 1.82) is 0 Å². The number of benzene rings is 2. The molecule has 7 heteroatoms. The molecule has 2 saturated heterocycles. The van der Waals surface area contributed by atoms with Crippen LogP contribution in [0.5, 0.6) is 5.75 Å². The van der Waals surface area contributed by atoms with Crippen molar-refractivity contribution < 1.29 is 14.6 Å². The largest absolute Gasteiger partial charge is 0.489 e. The highest BCUT2D eigenvalue weighted by atomic mass is 35.5. The molecule has 2 heterocycles. The number of aliphatic hydroxyl groups is 1. The zero-order chi connectivity index (χ0) is 26.1. The number of nitrogens with zero attached hydrogens (tertiary/aromatic N) is 2. The first-order chi connectivity index (χ1) is 18.5. The number of rotatable bonds is 9. The monoisotopic (exact) mass is 537 g/mol. The molecule has 2 aromatic carbocycles. The Morgan fingerprint density at radius 2 is 1.79 bits per heavy atom. The van der Waals surface area contributed by atoms with E-state index in [2.05, 4.69) is 33.3 Å². The molecule has 2 aliphatic heterocycles. The molecule has 2 aromatic rings. The topological polar surface area (TPSA) is 65.0 Å². The van der Waals surface area contributed by atoms with Crippen LogP contribution in [0, 0.1) is 5.92 Å². The van der Waals surface area contributed by atoms with Crippen molar-refractivity contribution in [2.75, 3.05) is 37.6 Å². The highest BCUT2D eigenvalue weighted by Gasteiger charge is 2.33. The van der Waals surface area contributed by atoms with Gasteiger partial charge in [0.15, 0.2) is 0 Å². The number of anilines is 1. The Morgan fingerprint density at radius 3 is 2.55 bits per heavy atom. The van der Waals surface area contributed by atoms with Gasteiger partial charge in [-0.1, -0.05) is 23.7 Å². The van der Waals surface area contributed by atoms with E-state index < -0.39 is 12.1 Å². The van der Waals surface area contributed by atoms with Gasteiger partial charge in [0.25, 0.3) is 0 Å². The number of halogens is 1. The Labute approximate surface area is 231 Å². The third-order valence-corrected chi connectivity index (χ3v) is 9.03. The van der Waals surface area contributed by atoms with Gasteiger partial charge in [-0.15, -0.1) is 0 Å². The molecule has 1 amide bonds. The lowest BCUT2D eigenvalue weighted by molar-refractivity contribution is -0.126. The van der Waals surface area contributed by atoms with E-state index in [0.717, 1.165) is 64.7 Å². The maximum atomic E-state index is 13.5. The fourth-order valence-electron chi connectivity index (χ4n) is 6.29. The third-order valence-electron chi connectivity index (χ3n) is 8.73. The Hall–Kier alpha value is -2.28. The van der Waals surface area contributed by atoms with Gasteiger partial charge < -0.3 is 25.0 Å². The van der Waals surface area contributed by atoms with Gasteiger partial charge in [-0.25, -0.2) is 0 Å². The summed E-state index contributed by atoms with van der Waals surface area (Å²) in [7, 11) is 0. The number of likely N-dealkylation sites (tertiary alicyclic amines) is 1. The van der Waals surface area contributed by atoms with E-state index in [1.165, 1.54) is 36.1 Å². The van der Waals surface area contributed by atoms with Crippen LogP contribution >= 0.6 is 11.6 Å². The Bertz CT molecular complexity index is 1150. The maximum Gasteiger partial charge on any atom is 0.225 e. The average Bonchev–Trinajstić information content (AvgIpc) is 3.37. The number of hydrogen-bond acceptors (Lipinski definition) is 5. The van der Waals surface area contributed by atoms with Crippen LogP contribution in [0.2, 0.25) is 5.02 Å². The first-order valence-electron chi connectivity index (χ1n) is 14.6. The zero-order valence-corrected chi connectivity index (χ0v) is 23.0. The first-order valence-corrected chi connectivity index (χ1v) is 14.9. The Kier molecular flexibility index (Phi) is 7.82. The lowest BCUT2D eigenvalue weighted by Gasteiger charge is -2.30. The molecule has 3 atom stereocenters. The van der Waals surface area contributed by atoms with Crippen LogP contribution in [-0.4, -0.2) is 60.8 Å². The molecule has 1 saturated carbocycles. The standard InChI is InChI=1S/C31H40ClN3O3/c32-27-18-23(8-12-29(27)38-26-10-11-26)30(36)28(20-34-14-3-4-15-34)33-31(37)24-13-16-35(19-24)25-9-7-21-5-1-2-6-22(21)17-25/h7-9,12,17-18,24,26,28,30,36H,1-6,10-11,13-16,19-20H2,(H,33,37)/t24-,28+,30+/m0/s1. The fraction of sp³-hybridized carbons (Fsp3) is 0.581. The number of fused-ring (bicyclic) bond motifs is 1. The molecular weight excluding hydrogens is 498 g/mol. The normalized spacial score (nSPS) is 23.2. The lowest BCUT2D eigenvalue weighted by atomic mass is 9.91. The van der Waals surface area contributed by atoms with Crippen molar-refractivity contribution >= 4 is 23.2 Å². The van der Waals surface area contributed by atoms with Crippen LogP contribution in [0.3, 0.4) is 0 Å². The summed E-state index contributed by atoms with van der Waals surface area (Å²) >= 11 is 6.51. The highest BCUT2D eigenvalue weighted by molar-refractivity contribution is 6.32. The molecule has 4 aliphatic rings. The highest BCUT2D eigenvalue weighted by Crippen LogP contribution is 2.35. The van der Waals surface area contributed by atoms with Crippen LogP contribution in [0.25, 0.3) is 0 Å². The molecule has 0 aromatic heterocycles. The summed E-state index contributed by atoms with van der Waals surface area (Å²) in [4.78, 5) is 18.2. The van der Waals surface area contributed by atoms with Crippen molar-refractivity contribution in [1.82, 2.24) is 10.2 Å². The molecular formula is C31H40ClN3O3. The zero-order valence-electron chi connectivity index (χ0n) is 22.2. The Morgan fingerprint density at radius 1 is 1.00 bits per heavy atom. The predicted octanol–water partition coefficient (Wildman–Crippen LogP) is 4.90. The number of hydrogen-bond donors (Lipinski definition) is 2. The number of carbonyl (C=O) groups is 1. The number of carbonyl (C=O) groups excluding carboxylic acids is 1. The van der Waals surface area contributed by atoms with Crippen LogP contribution in [0.4, 0.5) is 5.69 Å². The molecule has 6 nitrogen and oxygen atoms in total. The molecule has 3 fully saturated rings. The minimum Gasteiger partial charge on any atom is -0.489 e. The van der Waals surface area contributed by atoms with E-state index in [4.69, 9.17) is 16.3 Å². The van der Waals surface area contributed by atoms with Gasteiger partial charge in [0.1, 0.15) is 11.9 Å². The van der Waals surface area contributed by atoms with E-state index in [1.54, 1.807) is 6.07 Å². The number of ether oxygens (including phenoxy) is 1. The number of amides is 1. The smallest absolute Gasteiger partial charge is 0.225 e. The van der Waals surface area contributed by atoms with Crippen LogP contribution < -0.4 is 15.0 Å². The first kappa shape index (κ1) is 26.0. The summed E-state index contributed by atoms with van der Waals surface area (Å²) in [6.45, 7) is 4.24. The number of nitrogens with one attached hydrogen (secondary N) is 1. The van der Waals surface area contributed by atoms with Crippen LogP contribution in [0.1, 0.15) is 67.7 Å². The molecule has 2 N–H and O–H groups in total. The number of aliphatic hydroxyl groups excluding tert-OH is 1. The van der Waals surface area contributed by atoms with Gasteiger partial charge in [0.2, 0.25) is 5.91 Å².